The second-order valence-electron chi connectivity index (χ2n) is 7.21. The molecule has 2 heterocycles. The lowest BCUT2D eigenvalue weighted by Crippen LogP contribution is -2.41. The third-order valence-electron chi connectivity index (χ3n) is 4.71. The summed E-state index contributed by atoms with van der Waals surface area (Å²) >= 11 is 0. The van der Waals surface area contributed by atoms with Gasteiger partial charge in [0.1, 0.15) is 13.2 Å². The van der Waals surface area contributed by atoms with E-state index in [-0.39, 0.29) is 19.1 Å². The molecule has 1 saturated heterocycles. The first-order chi connectivity index (χ1) is 11.8. The quantitative estimate of drug-likeness (QED) is 0.614. The molecule has 0 atom stereocenters. The van der Waals surface area contributed by atoms with E-state index in [1.165, 1.54) is 4.68 Å². The van der Waals surface area contributed by atoms with Crippen molar-refractivity contribution in [2.24, 2.45) is 0 Å². The zero-order valence-electron chi connectivity index (χ0n) is 15.1. The zero-order valence-corrected chi connectivity index (χ0v) is 15.1. The first-order valence-corrected chi connectivity index (χ1v) is 8.34. The Morgan fingerprint density at radius 3 is 2.44 bits per heavy atom. The second kappa shape index (κ2) is 6.65. The van der Waals surface area contributed by atoms with Crippen molar-refractivity contribution in [2.45, 2.75) is 52.0 Å². The molecule has 0 N–H and O–H groups in total. The van der Waals surface area contributed by atoms with Crippen LogP contribution in [0.5, 0.6) is 0 Å². The fourth-order valence-electron chi connectivity index (χ4n) is 2.48. The van der Waals surface area contributed by atoms with Gasteiger partial charge in [0, 0.05) is 17.9 Å². The van der Waals surface area contributed by atoms with E-state index in [0.29, 0.717) is 0 Å². The van der Waals surface area contributed by atoms with E-state index in [9.17, 15) is 4.79 Å². The molecule has 1 aliphatic heterocycles. The van der Waals surface area contributed by atoms with Crippen LogP contribution in [-0.2, 0) is 32.0 Å². The average Bonchev–Trinajstić information content (AvgIpc) is 3.09. The molecule has 0 saturated carbocycles. The normalized spacial score (nSPS) is 18.3. The van der Waals surface area contributed by atoms with Crippen molar-refractivity contribution in [3.63, 3.8) is 0 Å². The number of carbonyl (C=O) groups excluding carboxylic acids is 1. The smallest absolute Gasteiger partial charge is 0.459 e. The molecule has 1 aromatic heterocycles. The minimum Gasteiger partial charge on any atom is -0.459 e. The van der Waals surface area contributed by atoms with Crippen LogP contribution in [0, 0.1) is 0 Å². The monoisotopic (exact) mass is 342 g/mol. The summed E-state index contributed by atoms with van der Waals surface area (Å²) in [5, 5.41) is 4.21. The molecule has 1 aromatic carbocycles. The number of hydrogen-bond acceptors (Lipinski definition) is 5. The molecule has 25 heavy (non-hydrogen) atoms. The van der Waals surface area contributed by atoms with Crippen molar-refractivity contribution in [1.29, 1.82) is 0 Å². The second-order valence-corrected chi connectivity index (χ2v) is 7.21. The van der Waals surface area contributed by atoms with Crippen LogP contribution in [0.15, 0.2) is 42.7 Å². The van der Waals surface area contributed by atoms with Gasteiger partial charge in [-0.15, -0.1) is 0 Å². The number of rotatable bonds is 5. The summed E-state index contributed by atoms with van der Waals surface area (Å²) in [6.45, 7) is 8.30. The lowest BCUT2D eigenvalue weighted by Gasteiger charge is -2.32. The Labute approximate surface area is 148 Å². The lowest BCUT2D eigenvalue weighted by molar-refractivity contribution is -0.145. The van der Waals surface area contributed by atoms with Gasteiger partial charge in [-0.1, -0.05) is 30.3 Å². The lowest BCUT2D eigenvalue weighted by atomic mass is 9.82. The molecule has 1 fully saturated rings. The summed E-state index contributed by atoms with van der Waals surface area (Å²) in [6, 6.07) is 9.57. The molecule has 0 unspecified atom stereocenters. The van der Waals surface area contributed by atoms with E-state index in [4.69, 9.17) is 14.0 Å². The molecule has 0 aliphatic carbocycles. The predicted molar refractivity (Wildman–Crippen MR) is 94.2 cm³/mol. The minimum atomic E-state index is -0.487. The maximum Gasteiger partial charge on any atom is 0.498 e. The van der Waals surface area contributed by atoms with Crippen molar-refractivity contribution in [1.82, 2.24) is 9.78 Å². The summed E-state index contributed by atoms with van der Waals surface area (Å²) in [4.78, 5) is 12.0. The van der Waals surface area contributed by atoms with Crippen LogP contribution in [0.25, 0.3) is 0 Å². The maximum absolute atomic E-state index is 12.0. The van der Waals surface area contributed by atoms with Crippen molar-refractivity contribution >= 4 is 18.6 Å². The van der Waals surface area contributed by atoms with Gasteiger partial charge in [0.05, 0.1) is 11.2 Å². The number of hydrogen-bond donors (Lipinski definition) is 0. The van der Waals surface area contributed by atoms with Crippen LogP contribution < -0.4 is 5.46 Å². The van der Waals surface area contributed by atoms with E-state index < -0.39 is 18.3 Å². The highest BCUT2D eigenvalue weighted by atomic mass is 16.7. The standard InChI is InChI=1S/C18H23BN2O4/c1-17(2)18(3,4)25-19(24-17)15-10-20-21(11-15)12-16(22)23-13-14-8-6-5-7-9-14/h5-11H,12-13H2,1-4H3. The number of nitrogens with zero attached hydrogens (tertiary/aromatic N) is 2. The summed E-state index contributed by atoms with van der Waals surface area (Å²) in [5.41, 5.74) is 0.923. The van der Waals surface area contributed by atoms with Crippen LogP contribution in [-0.4, -0.2) is 34.1 Å². The molecular weight excluding hydrogens is 319 g/mol. The van der Waals surface area contributed by atoms with Crippen molar-refractivity contribution in [2.75, 3.05) is 0 Å². The third-order valence-corrected chi connectivity index (χ3v) is 4.71. The van der Waals surface area contributed by atoms with E-state index in [2.05, 4.69) is 5.10 Å². The predicted octanol–water partition coefficient (Wildman–Crippen LogP) is 1.93. The fraction of sp³-hybridized carbons (Fsp3) is 0.444. The Kier molecular flexibility index (Phi) is 4.71. The van der Waals surface area contributed by atoms with Crippen LogP contribution in [0.2, 0.25) is 0 Å². The van der Waals surface area contributed by atoms with Crippen molar-refractivity contribution < 1.29 is 18.8 Å². The Hall–Kier alpha value is -2.12. The SMILES string of the molecule is CC1(C)OB(c2cnn(CC(=O)OCc3ccccc3)c2)OC1(C)C. The first kappa shape index (κ1) is 17.7. The van der Waals surface area contributed by atoms with E-state index >= 15 is 0 Å². The molecule has 1 aliphatic rings. The minimum absolute atomic E-state index is 0.0480. The fourth-order valence-corrected chi connectivity index (χ4v) is 2.48. The van der Waals surface area contributed by atoms with Gasteiger partial charge in [0.15, 0.2) is 0 Å². The average molecular weight is 342 g/mol. The van der Waals surface area contributed by atoms with Gasteiger partial charge >= 0.3 is 13.1 Å². The highest BCUT2D eigenvalue weighted by Crippen LogP contribution is 2.36. The highest BCUT2D eigenvalue weighted by molar-refractivity contribution is 6.62. The van der Waals surface area contributed by atoms with Crippen molar-refractivity contribution in [3.8, 4) is 0 Å². The Morgan fingerprint density at radius 2 is 1.80 bits per heavy atom. The van der Waals surface area contributed by atoms with Gasteiger partial charge in [-0.05, 0) is 33.3 Å². The molecule has 0 amide bonds. The van der Waals surface area contributed by atoms with Crippen LogP contribution in [0.4, 0.5) is 0 Å². The summed E-state index contributed by atoms with van der Waals surface area (Å²) in [7, 11) is -0.487. The molecule has 0 spiro atoms. The molecule has 0 bridgehead atoms. The van der Waals surface area contributed by atoms with Gasteiger partial charge in [-0.25, -0.2) is 0 Å². The maximum atomic E-state index is 12.0. The number of aromatic nitrogens is 2. The Balaban J connectivity index is 1.56. The van der Waals surface area contributed by atoms with E-state index in [1.807, 2.05) is 58.0 Å². The van der Waals surface area contributed by atoms with E-state index in [1.54, 1.807) is 12.4 Å². The van der Waals surface area contributed by atoms with Gasteiger partial charge in [-0.3, -0.25) is 9.48 Å². The Bertz CT molecular complexity index is 727. The molecular formula is C18H23BN2O4. The molecule has 0 radical (unpaired) electrons. The molecule has 7 heteroatoms. The first-order valence-electron chi connectivity index (χ1n) is 8.34. The number of esters is 1. The topological polar surface area (TPSA) is 62.6 Å². The largest absolute Gasteiger partial charge is 0.498 e. The van der Waals surface area contributed by atoms with Gasteiger partial charge in [-0.2, -0.15) is 5.10 Å². The Morgan fingerprint density at radius 1 is 1.16 bits per heavy atom. The van der Waals surface area contributed by atoms with Gasteiger partial charge in [0.25, 0.3) is 0 Å². The van der Waals surface area contributed by atoms with Crippen LogP contribution in [0.3, 0.4) is 0 Å². The summed E-state index contributed by atoms with van der Waals surface area (Å²) < 4.78 is 18.8. The van der Waals surface area contributed by atoms with Gasteiger partial charge < -0.3 is 14.0 Å². The summed E-state index contributed by atoms with van der Waals surface area (Å²) in [6.07, 6.45) is 3.42. The number of carbonyl (C=O) groups is 1. The van der Waals surface area contributed by atoms with Crippen LogP contribution >= 0.6 is 0 Å². The van der Waals surface area contributed by atoms with Crippen LogP contribution in [0.1, 0.15) is 33.3 Å². The highest BCUT2D eigenvalue weighted by Gasteiger charge is 2.52. The van der Waals surface area contributed by atoms with Gasteiger partial charge in [0.2, 0.25) is 0 Å². The molecule has 132 valence electrons. The number of ether oxygens (including phenoxy) is 1. The summed E-state index contributed by atoms with van der Waals surface area (Å²) in [5.74, 6) is -0.340. The third kappa shape index (κ3) is 3.94. The number of benzene rings is 1. The molecule has 3 rings (SSSR count). The molecule has 6 nitrogen and oxygen atoms in total. The zero-order chi connectivity index (χ0) is 18.1. The van der Waals surface area contributed by atoms with E-state index in [0.717, 1.165) is 11.0 Å². The molecule has 2 aromatic rings. The van der Waals surface area contributed by atoms with Crippen molar-refractivity contribution in [3.05, 3.63) is 48.3 Å².